The number of anilines is 2. The molecule has 5 aromatic rings. The fourth-order valence-corrected chi connectivity index (χ4v) is 6.23. The number of halogens is 1. The van der Waals surface area contributed by atoms with Crippen LogP contribution >= 0.6 is 11.6 Å². The molecule has 3 heterocycles. The zero-order chi connectivity index (χ0) is 41.6. The van der Waals surface area contributed by atoms with Crippen molar-refractivity contribution in [1.82, 2.24) is 24.3 Å². The van der Waals surface area contributed by atoms with Crippen molar-refractivity contribution >= 4 is 35.3 Å². The number of hydrogen-bond acceptors (Lipinski definition) is 12. The lowest BCUT2D eigenvalue weighted by Gasteiger charge is -2.25. The van der Waals surface area contributed by atoms with Crippen molar-refractivity contribution in [2.45, 2.75) is 65.6 Å². The molecule has 0 saturated carbocycles. The summed E-state index contributed by atoms with van der Waals surface area (Å²) in [4.78, 5) is 50.2. The number of pyridine rings is 1. The summed E-state index contributed by atoms with van der Waals surface area (Å²) in [6.07, 6.45) is 2.42. The normalized spacial score (nSPS) is 11.8. The van der Waals surface area contributed by atoms with E-state index < -0.39 is 29.3 Å². The molecule has 0 spiro atoms. The number of rotatable bonds is 13. The minimum Gasteiger partial charge on any atom is -0.497 e. The van der Waals surface area contributed by atoms with Crippen LogP contribution in [0.5, 0.6) is 11.6 Å². The van der Waals surface area contributed by atoms with E-state index in [1.165, 1.54) is 35.7 Å². The van der Waals surface area contributed by atoms with E-state index >= 15 is 0 Å². The first-order valence-electron chi connectivity index (χ1n) is 18.1. The third-order valence-corrected chi connectivity index (χ3v) is 8.88. The molecule has 0 aliphatic heterocycles. The predicted molar refractivity (Wildman–Crippen MR) is 215 cm³/mol. The van der Waals surface area contributed by atoms with Crippen LogP contribution in [0.4, 0.5) is 16.4 Å². The molecule has 298 valence electrons. The van der Waals surface area contributed by atoms with Gasteiger partial charge in [0.2, 0.25) is 11.8 Å². The predicted octanol–water partition coefficient (Wildman–Crippen LogP) is 7.29. The van der Waals surface area contributed by atoms with Crippen molar-refractivity contribution in [2.24, 2.45) is 0 Å². The fraction of sp³-hybridized carbons (Fsp3) is 0.341. The molecule has 0 fully saturated rings. The van der Waals surface area contributed by atoms with E-state index in [0.717, 1.165) is 10.5 Å². The molecule has 5 rings (SSSR count). The van der Waals surface area contributed by atoms with E-state index in [1.54, 1.807) is 77.4 Å². The average Bonchev–Trinajstić information content (AvgIpc) is 3.59. The van der Waals surface area contributed by atoms with Crippen LogP contribution in [0.1, 0.15) is 91.9 Å². The Hall–Kier alpha value is -6.40. The maximum atomic E-state index is 13.9. The molecule has 15 nitrogen and oxygen atoms in total. The van der Waals surface area contributed by atoms with Crippen molar-refractivity contribution in [3.8, 4) is 23.4 Å². The van der Waals surface area contributed by atoms with Crippen LogP contribution in [-0.4, -0.2) is 69.9 Å². The first-order valence-corrected chi connectivity index (χ1v) is 18.4. The molecule has 57 heavy (non-hydrogen) atoms. The highest BCUT2D eigenvalue weighted by atomic mass is 35.5. The highest BCUT2D eigenvalue weighted by molar-refractivity contribution is 6.30. The van der Waals surface area contributed by atoms with Gasteiger partial charge in [0, 0.05) is 18.8 Å². The summed E-state index contributed by atoms with van der Waals surface area (Å²) in [5.74, 6) is -0.246. The van der Waals surface area contributed by atoms with E-state index in [1.807, 2.05) is 26.0 Å². The number of ether oxygens (including phenoxy) is 4. The number of benzene rings is 2. The number of amides is 1. The van der Waals surface area contributed by atoms with E-state index in [9.17, 15) is 19.6 Å². The lowest BCUT2D eigenvalue weighted by molar-refractivity contribution is 0.0516. The molecule has 1 N–H and O–H groups in total. The Kier molecular flexibility index (Phi) is 12.9. The SMILES string of the molecule is CCOC(=O)c1nn(-c2cnc(N(C)C(=O)OC(C)(C)C)nc2OC)c(C(C)C)c1C(Nc1cc(Cl)c(=O)n(Cc2ccc(OC)cc2)c1)c1ccc(C#N)cc1. The van der Waals surface area contributed by atoms with Crippen molar-refractivity contribution in [2.75, 3.05) is 38.1 Å². The van der Waals surface area contributed by atoms with Crippen LogP contribution in [0, 0.1) is 11.3 Å². The largest absolute Gasteiger partial charge is 0.497 e. The highest BCUT2D eigenvalue weighted by Crippen LogP contribution is 2.38. The molecule has 1 amide bonds. The third kappa shape index (κ3) is 9.53. The lowest BCUT2D eigenvalue weighted by Crippen LogP contribution is -2.35. The molecule has 0 aliphatic carbocycles. The smallest absolute Gasteiger partial charge is 0.416 e. The zero-order valence-electron chi connectivity index (χ0n) is 33.3. The number of nitrogens with zero attached hydrogens (tertiary/aromatic N) is 7. The number of carbonyl (C=O) groups excluding carboxylic acids is 2. The zero-order valence-corrected chi connectivity index (χ0v) is 34.0. The molecule has 1 unspecified atom stereocenters. The van der Waals surface area contributed by atoms with E-state index in [-0.39, 0.29) is 47.3 Å². The summed E-state index contributed by atoms with van der Waals surface area (Å²) < 4.78 is 25.1. The second-order valence-corrected chi connectivity index (χ2v) is 14.6. The van der Waals surface area contributed by atoms with Gasteiger partial charge in [-0.05, 0) is 75.1 Å². The third-order valence-electron chi connectivity index (χ3n) is 8.61. The summed E-state index contributed by atoms with van der Waals surface area (Å²) in [6, 6.07) is 17.0. The van der Waals surface area contributed by atoms with Crippen LogP contribution in [-0.2, 0) is 16.0 Å². The van der Waals surface area contributed by atoms with Crippen LogP contribution < -0.4 is 25.2 Å². The van der Waals surface area contributed by atoms with Gasteiger partial charge in [-0.25, -0.2) is 24.2 Å². The van der Waals surface area contributed by atoms with Gasteiger partial charge in [0.1, 0.15) is 22.1 Å². The standard InChI is InChI=1S/C41H45ClN8O7/c1-10-56-38(52)34-32(35(24(2)3)50(47-34)31-21-44-39(46-36(31)55-9)48(7)40(53)57-41(4,5)6)33(27-15-11-25(20-43)12-16-27)45-28-19-30(42)37(51)49(23-28)22-26-13-17-29(54-8)18-14-26/h11-19,21,23-24,33,45H,10,22H2,1-9H3. The molecule has 3 aromatic heterocycles. The second-order valence-electron chi connectivity index (χ2n) is 14.2. The molecule has 0 aliphatic rings. The molecule has 2 aromatic carbocycles. The Morgan fingerprint density at radius 1 is 1.05 bits per heavy atom. The van der Waals surface area contributed by atoms with E-state index in [4.69, 9.17) is 35.6 Å². The minimum absolute atomic E-state index is 0.00714. The Balaban J connectivity index is 1.71. The number of nitriles is 1. The monoisotopic (exact) mass is 796 g/mol. The number of methoxy groups -OCH3 is 2. The Bertz CT molecular complexity index is 2340. The van der Waals surface area contributed by atoms with Crippen LogP contribution in [0.3, 0.4) is 0 Å². The van der Waals surface area contributed by atoms with E-state index in [2.05, 4.69) is 21.4 Å². The molecule has 0 bridgehead atoms. The second kappa shape index (κ2) is 17.6. The Labute approximate surface area is 335 Å². The summed E-state index contributed by atoms with van der Waals surface area (Å²) in [6.45, 7) is 11.1. The van der Waals surface area contributed by atoms with Gasteiger partial charge in [0.25, 0.3) is 5.56 Å². The summed E-state index contributed by atoms with van der Waals surface area (Å²) in [5, 5.41) is 17.9. The topological polar surface area (TPSA) is 176 Å². The van der Waals surface area contributed by atoms with Crippen molar-refractivity contribution < 1.29 is 28.5 Å². The number of hydrogen-bond donors (Lipinski definition) is 1. The van der Waals surface area contributed by atoms with Gasteiger partial charge in [-0.2, -0.15) is 15.3 Å². The van der Waals surface area contributed by atoms with Crippen LogP contribution in [0.25, 0.3) is 5.69 Å². The minimum atomic E-state index is -0.823. The van der Waals surface area contributed by atoms with Gasteiger partial charge in [-0.1, -0.05) is 49.7 Å². The maximum absolute atomic E-state index is 13.9. The fourth-order valence-electron chi connectivity index (χ4n) is 6.00. The van der Waals surface area contributed by atoms with Crippen LogP contribution in [0.2, 0.25) is 5.02 Å². The van der Waals surface area contributed by atoms with Gasteiger partial charge in [0.15, 0.2) is 5.69 Å². The number of carbonyl (C=O) groups is 2. The Morgan fingerprint density at radius 3 is 2.32 bits per heavy atom. The van der Waals surface area contributed by atoms with Crippen molar-refractivity contribution in [3.63, 3.8) is 0 Å². The highest BCUT2D eigenvalue weighted by Gasteiger charge is 2.34. The van der Waals surface area contributed by atoms with Crippen molar-refractivity contribution in [1.29, 1.82) is 5.26 Å². The molecule has 1 atom stereocenters. The van der Waals surface area contributed by atoms with Gasteiger partial charge in [0.05, 0.1) is 62.6 Å². The molecule has 0 saturated heterocycles. The summed E-state index contributed by atoms with van der Waals surface area (Å²) in [5.41, 5.74) is 2.48. The maximum Gasteiger partial charge on any atom is 0.416 e. The first-order chi connectivity index (χ1) is 27.1. The summed E-state index contributed by atoms with van der Waals surface area (Å²) in [7, 11) is 4.47. The number of aromatic nitrogens is 5. The number of esters is 1. The lowest BCUT2D eigenvalue weighted by atomic mass is 9.91. The van der Waals surface area contributed by atoms with Gasteiger partial charge in [-0.3, -0.25) is 4.79 Å². The van der Waals surface area contributed by atoms with Gasteiger partial charge >= 0.3 is 12.1 Å². The number of nitrogens with one attached hydrogen (secondary N) is 1. The quantitative estimate of drug-likeness (QED) is 0.118. The van der Waals surface area contributed by atoms with Gasteiger partial charge in [-0.15, -0.1) is 0 Å². The van der Waals surface area contributed by atoms with E-state index in [0.29, 0.717) is 33.8 Å². The summed E-state index contributed by atoms with van der Waals surface area (Å²) >= 11 is 6.58. The van der Waals surface area contributed by atoms with Crippen molar-refractivity contribution in [3.05, 3.63) is 116 Å². The first kappa shape index (κ1) is 41.8. The molecular weight excluding hydrogens is 752 g/mol. The Morgan fingerprint density at radius 2 is 1.74 bits per heavy atom. The van der Waals surface area contributed by atoms with Crippen LogP contribution in [0.15, 0.2) is 71.8 Å². The molecule has 16 heteroatoms. The average molecular weight is 797 g/mol. The molecular formula is C41H45ClN8O7. The molecule has 0 radical (unpaired) electrons. The van der Waals surface area contributed by atoms with Gasteiger partial charge < -0.3 is 28.8 Å².